The van der Waals surface area contributed by atoms with Crippen LogP contribution in [-0.2, 0) is 0 Å². The van der Waals surface area contributed by atoms with Crippen LogP contribution in [0.1, 0.15) is 31.2 Å². The van der Waals surface area contributed by atoms with Crippen molar-refractivity contribution >= 4 is 23.7 Å². The summed E-state index contributed by atoms with van der Waals surface area (Å²) in [6.07, 6.45) is 9.62. The molecule has 0 amide bonds. The average Bonchev–Trinajstić information content (AvgIpc) is 3.17. The first-order chi connectivity index (χ1) is 13.1. The van der Waals surface area contributed by atoms with Crippen molar-refractivity contribution in [2.45, 2.75) is 31.8 Å². The van der Waals surface area contributed by atoms with Crippen LogP contribution in [0.15, 0.2) is 41.4 Å². The zero-order valence-electron chi connectivity index (χ0n) is 15.1. The Morgan fingerprint density at radius 1 is 1.15 bits per heavy atom. The Hall–Kier alpha value is -2.89. The predicted molar refractivity (Wildman–Crippen MR) is 104 cm³/mol. The van der Waals surface area contributed by atoms with E-state index in [1.165, 1.54) is 19.1 Å². The van der Waals surface area contributed by atoms with Gasteiger partial charge in [-0.15, -0.1) is 0 Å². The topological polar surface area (TPSA) is 56.8 Å². The maximum atomic E-state index is 13.3. The smallest absolute Gasteiger partial charge is 0.168 e. The molecule has 1 aliphatic carbocycles. The van der Waals surface area contributed by atoms with Crippen LogP contribution in [0.25, 0.3) is 6.08 Å². The van der Waals surface area contributed by atoms with E-state index >= 15 is 0 Å². The van der Waals surface area contributed by atoms with Gasteiger partial charge in [-0.3, -0.25) is 4.99 Å². The standard InChI is InChI=1S/C21H22F2N2O2/c1-26-20-10-4-6-14(21(20)27-15-8-2-3-9-15)7-5-11-25-19-13-17(23)16(22)12-18(19)24/h4-7,10-13,15H,2-3,8-9,24H2,1H3/b7-5+,25-11?. The first-order valence-electron chi connectivity index (χ1n) is 8.87. The molecular formula is C21H22F2N2O2. The second-order valence-electron chi connectivity index (χ2n) is 6.37. The van der Waals surface area contributed by atoms with Crippen molar-refractivity contribution in [2.24, 2.45) is 4.99 Å². The Morgan fingerprint density at radius 3 is 2.63 bits per heavy atom. The third-order valence-electron chi connectivity index (χ3n) is 4.46. The molecule has 1 saturated carbocycles. The maximum Gasteiger partial charge on any atom is 0.168 e. The number of ether oxygens (including phenoxy) is 2. The van der Waals surface area contributed by atoms with E-state index in [0.717, 1.165) is 30.5 Å². The molecule has 2 aromatic carbocycles. The van der Waals surface area contributed by atoms with E-state index in [0.29, 0.717) is 11.5 Å². The van der Waals surface area contributed by atoms with E-state index in [2.05, 4.69) is 4.99 Å². The molecule has 0 saturated heterocycles. The quantitative estimate of drug-likeness (QED) is 0.553. The monoisotopic (exact) mass is 372 g/mol. The van der Waals surface area contributed by atoms with Gasteiger partial charge in [0.2, 0.25) is 0 Å². The fourth-order valence-corrected chi connectivity index (χ4v) is 3.06. The summed E-state index contributed by atoms with van der Waals surface area (Å²) in [6, 6.07) is 7.54. The third kappa shape index (κ3) is 4.64. The summed E-state index contributed by atoms with van der Waals surface area (Å²) < 4.78 is 38.0. The molecule has 1 fully saturated rings. The van der Waals surface area contributed by atoms with E-state index in [4.69, 9.17) is 15.2 Å². The highest BCUT2D eigenvalue weighted by Gasteiger charge is 2.19. The maximum absolute atomic E-state index is 13.3. The normalized spacial score (nSPS) is 15.1. The molecule has 1 aliphatic rings. The number of nitrogens with zero attached hydrogens (tertiary/aromatic N) is 1. The first-order valence-corrected chi connectivity index (χ1v) is 8.87. The minimum atomic E-state index is -0.993. The van der Waals surface area contributed by atoms with Crippen LogP contribution in [0.3, 0.4) is 0 Å². The Labute approximate surface area is 157 Å². The number of hydrogen-bond acceptors (Lipinski definition) is 4. The number of rotatable bonds is 6. The molecule has 0 unspecified atom stereocenters. The van der Waals surface area contributed by atoms with Gasteiger partial charge in [-0.05, 0) is 43.9 Å². The van der Waals surface area contributed by atoms with Crippen LogP contribution in [0.5, 0.6) is 11.5 Å². The van der Waals surface area contributed by atoms with Crippen LogP contribution in [-0.4, -0.2) is 19.4 Å². The third-order valence-corrected chi connectivity index (χ3v) is 4.46. The summed E-state index contributed by atoms with van der Waals surface area (Å²) in [7, 11) is 1.61. The lowest BCUT2D eigenvalue weighted by Gasteiger charge is -2.17. The van der Waals surface area contributed by atoms with Gasteiger partial charge in [0.1, 0.15) is 0 Å². The van der Waals surface area contributed by atoms with Gasteiger partial charge in [0.05, 0.1) is 24.6 Å². The van der Waals surface area contributed by atoms with Crippen LogP contribution >= 0.6 is 0 Å². The molecule has 0 spiro atoms. The fraction of sp³-hybridized carbons (Fsp3) is 0.286. The average molecular weight is 372 g/mol. The lowest BCUT2D eigenvalue weighted by Crippen LogP contribution is -2.12. The molecule has 0 bridgehead atoms. The lowest BCUT2D eigenvalue weighted by atomic mass is 10.1. The zero-order valence-corrected chi connectivity index (χ0v) is 15.1. The molecule has 0 atom stereocenters. The number of halogens is 2. The number of aliphatic imine (C=N–C) groups is 1. The summed E-state index contributed by atoms with van der Waals surface area (Å²) in [5.74, 6) is -0.609. The highest BCUT2D eigenvalue weighted by atomic mass is 19.2. The largest absolute Gasteiger partial charge is 0.493 e. The fourth-order valence-electron chi connectivity index (χ4n) is 3.06. The second-order valence-corrected chi connectivity index (χ2v) is 6.37. The lowest BCUT2D eigenvalue weighted by molar-refractivity contribution is 0.200. The number of nitrogens with two attached hydrogens (primary N) is 1. The summed E-state index contributed by atoms with van der Waals surface area (Å²) in [4.78, 5) is 4.08. The molecule has 0 aromatic heterocycles. The molecule has 2 N–H and O–H groups in total. The molecule has 27 heavy (non-hydrogen) atoms. The molecular weight excluding hydrogens is 350 g/mol. The summed E-state index contributed by atoms with van der Waals surface area (Å²) in [5.41, 5.74) is 6.76. The predicted octanol–water partition coefficient (Wildman–Crippen LogP) is 5.29. The highest BCUT2D eigenvalue weighted by molar-refractivity contribution is 5.83. The summed E-state index contributed by atoms with van der Waals surface area (Å²) >= 11 is 0. The van der Waals surface area contributed by atoms with Crippen molar-refractivity contribution in [3.05, 3.63) is 53.6 Å². The zero-order chi connectivity index (χ0) is 19.2. The SMILES string of the molecule is COc1cccc(/C=C/C=Nc2cc(F)c(F)cc2N)c1OC1CCCC1. The number of para-hydroxylation sites is 1. The number of allylic oxidation sites excluding steroid dienone is 1. The van der Waals surface area contributed by atoms with Crippen molar-refractivity contribution in [3.8, 4) is 11.5 Å². The summed E-state index contributed by atoms with van der Waals surface area (Å²) in [6.45, 7) is 0. The van der Waals surface area contributed by atoms with Gasteiger partial charge in [0.15, 0.2) is 23.1 Å². The minimum Gasteiger partial charge on any atom is -0.493 e. The van der Waals surface area contributed by atoms with Crippen LogP contribution < -0.4 is 15.2 Å². The van der Waals surface area contributed by atoms with Crippen LogP contribution in [0.2, 0.25) is 0 Å². The molecule has 3 rings (SSSR count). The van der Waals surface area contributed by atoms with E-state index in [-0.39, 0.29) is 17.5 Å². The molecule has 6 heteroatoms. The van der Waals surface area contributed by atoms with Gasteiger partial charge < -0.3 is 15.2 Å². The van der Waals surface area contributed by atoms with Gasteiger partial charge in [-0.2, -0.15) is 0 Å². The van der Waals surface area contributed by atoms with E-state index in [1.807, 2.05) is 24.3 Å². The van der Waals surface area contributed by atoms with Crippen molar-refractivity contribution in [1.82, 2.24) is 0 Å². The Balaban J connectivity index is 1.79. The number of hydrogen-bond donors (Lipinski definition) is 1. The molecule has 4 nitrogen and oxygen atoms in total. The van der Waals surface area contributed by atoms with Gasteiger partial charge in [0, 0.05) is 23.9 Å². The molecule has 0 aliphatic heterocycles. The van der Waals surface area contributed by atoms with Crippen LogP contribution in [0.4, 0.5) is 20.2 Å². The molecule has 2 aromatic rings. The Bertz CT molecular complexity index is 860. The van der Waals surface area contributed by atoms with Gasteiger partial charge in [-0.1, -0.05) is 12.1 Å². The molecule has 0 radical (unpaired) electrons. The van der Waals surface area contributed by atoms with Crippen molar-refractivity contribution in [1.29, 1.82) is 0 Å². The van der Waals surface area contributed by atoms with Gasteiger partial charge in [-0.25, -0.2) is 8.78 Å². The van der Waals surface area contributed by atoms with E-state index in [1.54, 1.807) is 13.2 Å². The van der Waals surface area contributed by atoms with Crippen molar-refractivity contribution in [2.75, 3.05) is 12.8 Å². The van der Waals surface area contributed by atoms with Crippen molar-refractivity contribution in [3.63, 3.8) is 0 Å². The Kier molecular flexibility index (Phi) is 6.06. The van der Waals surface area contributed by atoms with Gasteiger partial charge in [0.25, 0.3) is 0 Å². The van der Waals surface area contributed by atoms with Gasteiger partial charge >= 0.3 is 0 Å². The molecule has 142 valence electrons. The molecule has 0 heterocycles. The van der Waals surface area contributed by atoms with E-state index in [9.17, 15) is 8.78 Å². The summed E-state index contributed by atoms with van der Waals surface area (Å²) in [5, 5.41) is 0. The van der Waals surface area contributed by atoms with Crippen molar-refractivity contribution < 1.29 is 18.3 Å². The number of benzene rings is 2. The first kappa shape index (κ1) is 18.9. The number of nitrogen functional groups attached to an aromatic ring is 1. The second kappa shape index (κ2) is 8.66. The van der Waals surface area contributed by atoms with Crippen LogP contribution in [0, 0.1) is 11.6 Å². The van der Waals surface area contributed by atoms with E-state index < -0.39 is 11.6 Å². The highest BCUT2D eigenvalue weighted by Crippen LogP contribution is 2.35. The Morgan fingerprint density at radius 2 is 1.89 bits per heavy atom. The number of methoxy groups -OCH3 is 1. The number of anilines is 1. The minimum absolute atomic E-state index is 0.0742.